The van der Waals surface area contributed by atoms with Crippen molar-refractivity contribution >= 4 is 41.8 Å². The van der Waals surface area contributed by atoms with Crippen LogP contribution in [0.3, 0.4) is 0 Å². The highest BCUT2D eigenvalue weighted by molar-refractivity contribution is 7.98. The predicted octanol–water partition coefficient (Wildman–Crippen LogP) is 2.16. The number of carbonyl (C=O) groups excluding carboxylic acids is 1. The molecule has 1 aromatic rings. The van der Waals surface area contributed by atoms with Gasteiger partial charge in [-0.05, 0) is 25.0 Å². The Hall–Kier alpha value is -1.28. The Labute approximate surface area is 158 Å². The van der Waals surface area contributed by atoms with Gasteiger partial charge in [-0.3, -0.25) is 4.79 Å². The summed E-state index contributed by atoms with van der Waals surface area (Å²) in [4.78, 5) is 22.6. The maximum Gasteiger partial charge on any atom is 0.227 e. The number of nitrogens with one attached hydrogen (secondary N) is 2. The summed E-state index contributed by atoms with van der Waals surface area (Å²) in [5.74, 6) is 2.31. The number of halogens is 2. The second kappa shape index (κ2) is 8.89. The molecule has 2 N–H and O–H groups in total. The first-order valence-corrected chi connectivity index (χ1v) is 9.75. The summed E-state index contributed by atoms with van der Waals surface area (Å²) in [5, 5.41) is 5.93. The van der Waals surface area contributed by atoms with Gasteiger partial charge in [-0.2, -0.15) is 16.7 Å². The number of hydrogen-bond acceptors (Lipinski definition) is 6. The molecule has 1 amide bonds. The molecule has 1 aliphatic heterocycles. The van der Waals surface area contributed by atoms with Crippen LogP contribution < -0.4 is 15.5 Å². The van der Waals surface area contributed by atoms with Gasteiger partial charge >= 0.3 is 0 Å². The van der Waals surface area contributed by atoms with E-state index in [0.717, 1.165) is 12.3 Å². The van der Waals surface area contributed by atoms with Crippen LogP contribution in [-0.4, -0.2) is 54.1 Å². The van der Waals surface area contributed by atoms with Gasteiger partial charge in [-0.1, -0.05) is 0 Å². The minimum absolute atomic E-state index is 0. The molecule has 25 heavy (non-hydrogen) atoms. The van der Waals surface area contributed by atoms with Crippen molar-refractivity contribution < 1.29 is 9.18 Å². The molecule has 0 unspecified atom stereocenters. The highest BCUT2D eigenvalue weighted by Gasteiger charge is 2.43. The lowest BCUT2D eigenvalue weighted by atomic mass is 9.98. The number of hydrogen-bond donors (Lipinski definition) is 2. The second-order valence-electron chi connectivity index (χ2n) is 6.44. The van der Waals surface area contributed by atoms with E-state index in [4.69, 9.17) is 0 Å². The second-order valence-corrected chi connectivity index (χ2v) is 7.43. The van der Waals surface area contributed by atoms with E-state index in [2.05, 4.69) is 25.5 Å². The molecule has 6 nitrogen and oxygen atoms in total. The van der Waals surface area contributed by atoms with Crippen molar-refractivity contribution in [3.63, 3.8) is 0 Å². The lowest BCUT2D eigenvalue weighted by molar-refractivity contribution is -0.121. The van der Waals surface area contributed by atoms with Crippen molar-refractivity contribution in [3.05, 3.63) is 12.0 Å². The molecular formula is C16H25ClFN5OS. The summed E-state index contributed by atoms with van der Waals surface area (Å²) >= 11 is 1.68. The Morgan fingerprint density at radius 1 is 1.44 bits per heavy atom. The van der Waals surface area contributed by atoms with Gasteiger partial charge in [-0.25, -0.2) is 9.37 Å². The van der Waals surface area contributed by atoms with Crippen molar-refractivity contribution in [2.45, 2.75) is 25.3 Å². The van der Waals surface area contributed by atoms with Crippen molar-refractivity contribution in [2.24, 2.45) is 11.8 Å². The number of rotatable bonds is 7. The molecular weight excluding hydrogens is 365 g/mol. The smallest absolute Gasteiger partial charge is 0.227 e. The van der Waals surface area contributed by atoms with Crippen molar-refractivity contribution in [1.29, 1.82) is 0 Å². The zero-order valence-corrected chi connectivity index (χ0v) is 16.1. The van der Waals surface area contributed by atoms with Gasteiger partial charge < -0.3 is 15.5 Å². The van der Waals surface area contributed by atoms with E-state index in [0.29, 0.717) is 30.7 Å². The largest absolute Gasteiger partial charge is 0.371 e. The van der Waals surface area contributed by atoms with Gasteiger partial charge in [0.1, 0.15) is 0 Å². The summed E-state index contributed by atoms with van der Waals surface area (Å²) in [6, 6.07) is 0.124. The van der Waals surface area contributed by atoms with Gasteiger partial charge in [0.25, 0.3) is 0 Å². The van der Waals surface area contributed by atoms with E-state index in [9.17, 15) is 9.18 Å². The standard InChI is InChI=1S/C16H24FN5OS.ClH/c1-18-15-12(17)7-19-16(21-15)22-8-11(10-3-4-10)13(9-22)20-14(23)5-6-24-2;/h7,10-11,13H,3-6,8-9H2,1-2H3,(H,20,23)(H,18,19,21);1H/t11-,13+;/m1./s1. The van der Waals surface area contributed by atoms with Crippen LogP contribution in [0.2, 0.25) is 0 Å². The molecule has 0 bridgehead atoms. The predicted molar refractivity (Wildman–Crippen MR) is 102 cm³/mol. The molecule has 1 saturated carbocycles. The van der Waals surface area contributed by atoms with Gasteiger partial charge in [0.2, 0.25) is 11.9 Å². The van der Waals surface area contributed by atoms with Gasteiger partial charge in [0.15, 0.2) is 11.6 Å². The van der Waals surface area contributed by atoms with E-state index < -0.39 is 5.82 Å². The van der Waals surface area contributed by atoms with E-state index in [1.165, 1.54) is 19.0 Å². The maximum absolute atomic E-state index is 13.6. The van der Waals surface area contributed by atoms with Crippen LogP contribution in [0.25, 0.3) is 0 Å². The molecule has 0 radical (unpaired) electrons. The molecule has 9 heteroatoms. The van der Waals surface area contributed by atoms with Crippen LogP contribution in [0, 0.1) is 17.7 Å². The Bertz CT molecular complexity index is 604. The number of thioether (sulfide) groups is 1. The quantitative estimate of drug-likeness (QED) is 0.744. The molecule has 1 aromatic heterocycles. The first-order valence-electron chi connectivity index (χ1n) is 8.36. The van der Waals surface area contributed by atoms with E-state index in [1.807, 2.05) is 6.26 Å². The monoisotopic (exact) mass is 389 g/mol. The van der Waals surface area contributed by atoms with Crippen LogP contribution in [0.15, 0.2) is 6.20 Å². The average molecular weight is 390 g/mol. The summed E-state index contributed by atoms with van der Waals surface area (Å²) in [7, 11) is 1.64. The summed E-state index contributed by atoms with van der Waals surface area (Å²) in [6.07, 6.45) is 6.20. The minimum Gasteiger partial charge on any atom is -0.371 e. The minimum atomic E-state index is -0.457. The van der Waals surface area contributed by atoms with E-state index in [-0.39, 0.29) is 30.2 Å². The Balaban J connectivity index is 0.00000225. The third-order valence-electron chi connectivity index (χ3n) is 4.72. The zero-order valence-electron chi connectivity index (χ0n) is 14.5. The van der Waals surface area contributed by atoms with Crippen LogP contribution >= 0.6 is 24.2 Å². The number of amides is 1. The lowest BCUT2D eigenvalue weighted by Crippen LogP contribution is -2.41. The summed E-state index contributed by atoms with van der Waals surface area (Å²) < 4.78 is 13.6. The summed E-state index contributed by atoms with van der Waals surface area (Å²) in [6.45, 7) is 1.49. The van der Waals surface area contributed by atoms with Gasteiger partial charge in [0.05, 0.1) is 12.2 Å². The molecule has 1 saturated heterocycles. The lowest BCUT2D eigenvalue weighted by Gasteiger charge is -2.19. The number of aromatic nitrogens is 2. The topological polar surface area (TPSA) is 70.2 Å². The van der Waals surface area contributed by atoms with Crippen LogP contribution in [0.1, 0.15) is 19.3 Å². The molecule has 2 atom stereocenters. The molecule has 2 fully saturated rings. The Morgan fingerprint density at radius 3 is 2.84 bits per heavy atom. The van der Waals surface area contributed by atoms with Crippen molar-refractivity contribution in [1.82, 2.24) is 15.3 Å². The van der Waals surface area contributed by atoms with Gasteiger partial charge in [0, 0.05) is 38.2 Å². The fourth-order valence-corrected chi connectivity index (χ4v) is 3.70. The SMILES string of the molecule is CNc1nc(N2C[C@H](NC(=O)CCSC)[C@@H](C3CC3)C2)ncc1F.Cl. The van der Waals surface area contributed by atoms with Crippen LogP contribution in [0.4, 0.5) is 16.2 Å². The van der Waals surface area contributed by atoms with Gasteiger partial charge in [-0.15, -0.1) is 12.4 Å². The third-order valence-corrected chi connectivity index (χ3v) is 5.34. The Kier molecular flexibility index (Phi) is 7.13. The van der Waals surface area contributed by atoms with E-state index >= 15 is 0 Å². The summed E-state index contributed by atoms with van der Waals surface area (Å²) in [5.41, 5.74) is 0. The molecule has 2 aliphatic rings. The number of carbonyl (C=O) groups is 1. The fourth-order valence-electron chi connectivity index (χ4n) is 3.31. The molecule has 2 heterocycles. The normalized spacial score (nSPS) is 22.4. The van der Waals surface area contributed by atoms with Crippen LogP contribution in [-0.2, 0) is 4.79 Å². The molecule has 3 rings (SSSR count). The van der Waals surface area contributed by atoms with Crippen molar-refractivity contribution in [3.8, 4) is 0 Å². The molecule has 140 valence electrons. The number of anilines is 2. The highest BCUT2D eigenvalue weighted by Crippen LogP contribution is 2.42. The van der Waals surface area contributed by atoms with Crippen LogP contribution in [0.5, 0.6) is 0 Å². The molecule has 1 aliphatic carbocycles. The van der Waals surface area contributed by atoms with E-state index in [1.54, 1.807) is 18.8 Å². The average Bonchev–Trinajstić information content (AvgIpc) is 3.34. The first-order chi connectivity index (χ1) is 11.6. The highest BCUT2D eigenvalue weighted by atomic mass is 35.5. The maximum atomic E-state index is 13.6. The zero-order chi connectivity index (χ0) is 17.1. The number of nitrogens with zero attached hydrogens (tertiary/aromatic N) is 3. The molecule has 0 aromatic carbocycles. The third kappa shape index (κ3) is 4.88. The first kappa shape index (κ1) is 20.0. The molecule has 0 spiro atoms. The fraction of sp³-hybridized carbons (Fsp3) is 0.688. The Morgan fingerprint density at radius 2 is 2.20 bits per heavy atom. The van der Waals surface area contributed by atoms with Crippen molar-refractivity contribution in [2.75, 3.05) is 42.4 Å².